The Hall–Kier alpha value is -2.11. The number of halogens is 4. The zero-order valence-corrected chi connectivity index (χ0v) is 17.0. The minimum Gasteiger partial charge on any atom is -0.286 e. The fourth-order valence-electron chi connectivity index (χ4n) is 2.28. The molecule has 0 fully saturated rings. The highest BCUT2D eigenvalue weighted by molar-refractivity contribution is 9.10. The Morgan fingerprint density at radius 2 is 1.82 bits per heavy atom. The average Bonchev–Trinajstić information content (AvgIpc) is 2.61. The van der Waals surface area contributed by atoms with Crippen LogP contribution in [0, 0.1) is 5.82 Å². The number of hydrazine groups is 1. The number of nitrogens with zero attached hydrogens (tertiary/aromatic N) is 1. The normalized spacial score (nSPS) is 11.5. The van der Waals surface area contributed by atoms with Crippen molar-refractivity contribution in [3.05, 3.63) is 63.9 Å². The summed E-state index contributed by atoms with van der Waals surface area (Å²) in [5, 5.41) is 0. The lowest BCUT2D eigenvalue weighted by molar-refractivity contribution is -0.132. The molecule has 28 heavy (non-hydrogen) atoms. The summed E-state index contributed by atoms with van der Waals surface area (Å²) < 4.78 is 64.7. The van der Waals surface area contributed by atoms with Gasteiger partial charge in [0.15, 0.2) is 0 Å². The fourth-order valence-corrected chi connectivity index (χ4v) is 3.42. The number of sulfonamides is 1. The number of amides is 1. The largest absolute Gasteiger partial charge is 0.316 e. The summed E-state index contributed by atoms with van der Waals surface area (Å²) >= 11 is 3.27. The molecule has 152 valence electrons. The van der Waals surface area contributed by atoms with Gasteiger partial charge < -0.3 is 0 Å². The molecule has 0 aliphatic heterocycles. The van der Waals surface area contributed by atoms with Gasteiger partial charge in [0.25, 0.3) is 0 Å². The van der Waals surface area contributed by atoms with Crippen molar-refractivity contribution < 1.29 is 26.4 Å². The molecule has 1 amide bonds. The third-order valence-corrected chi connectivity index (χ3v) is 5.32. The van der Waals surface area contributed by atoms with Crippen LogP contribution in [0.1, 0.15) is 11.1 Å². The van der Waals surface area contributed by atoms with Crippen molar-refractivity contribution in [2.24, 2.45) is 0 Å². The van der Waals surface area contributed by atoms with Gasteiger partial charge in [-0.25, -0.2) is 18.2 Å². The fraction of sp³-hybridized carbons (Fsp3) is 0.235. The van der Waals surface area contributed by atoms with E-state index in [-0.39, 0.29) is 18.7 Å². The smallest absolute Gasteiger partial charge is 0.286 e. The lowest BCUT2D eigenvalue weighted by atomic mass is 10.1. The van der Waals surface area contributed by atoms with Gasteiger partial charge in [-0.05, 0) is 35.9 Å². The standard InChI is InChI=1S/C17H17BrF3N3O3S/c1-28(26,27)24(14-6-4-13(18)5-7-14)10-12-3-2-11(8-15(12)19)9-22-23-17(25)16(20)21/h2-8,16,22H,9-10H2,1H3,(H,23,25). The second kappa shape index (κ2) is 9.39. The van der Waals surface area contributed by atoms with Crippen molar-refractivity contribution in [1.29, 1.82) is 0 Å². The molecule has 0 radical (unpaired) electrons. The van der Waals surface area contributed by atoms with Crippen LogP contribution in [0.3, 0.4) is 0 Å². The van der Waals surface area contributed by atoms with E-state index < -0.39 is 28.2 Å². The highest BCUT2D eigenvalue weighted by atomic mass is 79.9. The van der Waals surface area contributed by atoms with E-state index in [0.29, 0.717) is 11.3 Å². The maximum atomic E-state index is 14.4. The molecular formula is C17H17BrF3N3O3S. The summed E-state index contributed by atoms with van der Waals surface area (Å²) in [5.41, 5.74) is 4.95. The zero-order chi connectivity index (χ0) is 20.9. The number of hydrogen-bond acceptors (Lipinski definition) is 4. The van der Waals surface area contributed by atoms with Gasteiger partial charge in [0.2, 0.25) is 10.0 Å². The molecule has 0 aliphatic carbocycles. The molecule has 0 bridgehead atoms. The first-order valence-corrected chi connectivity index (χ1v) is 10.5. The van der Waals surface area contributed by atoms with Gasteiger partial charge >= 0.3 is 12.3 Å². The Bertz CT molecular complexity index is 940. The van der Waals surface area contributed by atoms with Crippen LogP contribution in [0.4, 0.5) is 18.9 Å². The van der Waals surface area contributed by atoms with E-state index in [0.717, 1.165) is 21.1 Å². The number of nitrogens with one attached hydrogen (secondary N) is 2. The second-order valence-electron chi connectivity index (χ2n) is 5.82. The molecule has 6 nitrogen and oxygen atoms in total. The lowest BCUT2D eigenvalue weighted by Crippen LogP contribution is -2.40. The molecule has 0 heterocycles. The van der Waals surface area contributed by atoms with Crippen LogP contribution in [0.5, 0.6) is 0 Å². The van der Waals surface area contributed by atoms with Crippen LogP contribution in [0.25, 0.3) is 0 Å². The van der Waals surface area contributed by atoms with Gasteiger partial charge in [0, 0.05) is 16.6 Å². The average molecular weight is 480 g/mol. The van der Waals surface area contributed by atoms with Crippen molar-refractivity contribution in [3.63, 3.8) is 0 Å². The van der Waals surface area contributed by atoms with Crippen LogP contribution in [-0.2, 0) is 27.9 Å². The highest BCUT2D eigenvalue weighted by Gasteiger charge is 2.20. The van der Waals surface area contributed by atoms with Gasteiger partial charge in [-0.2, -0.15) is 8.78 Å². The zero-order valence-electron chi connectivity index (χ0n) is 14.6. The molecule has 0 saturated heterocycles. The number of carbonyl (C=O) groups is 1. The molecule has 0 aliphatic rings. The predicted molar refractivity (Wildman–Crippen MR) is 103 cm³/mol. The monoisotopic (exact) mass is 479 g/mol. The Labute approximate surface area is 168 Å². The Kier molecular flexibility index (Phi) is 7.44. The topological polar surface area (TPSA) is 78.5 Å². The van der Waals surface area contributed by atoms with Crippen LogP contribution < -0.4 is 15.2 Å². The van der Waals surface area contributed by atoms with E-state index >= 15 is 0 Å². The van der Waals surface area contributed by atoms with Gasteiger partial charge in [-0.15, -0.1) is 0 Å². The molecule has 2 aromatic rings. The molecule has 0 atom stereocenters. The molecular weight excluding hydrogens is 463 g/mol. The van der Waals surface area contributed by atoms with E-state index in [9.17, 15) is 26.4 Å². The third kappa shape index (κ3) is 6.21. The lowest BCUT2D eigenvalue weighted by Gasteiger charge is -2.23. The third-order valence-electron chi connectivity index (χ3n) is 3.65. The number of carbonyl (C=O) groups excluding carboxylic acids is 1. The maximum Gasteiger partial charge on any atom is 0.316 e. The van der Waals surface area contributed by atoms with Crippen LogP contribution in [-0.4, -0.2) is 27.0 Å². The van der Waals surface area contributed by atoms with Crippen molar-refractivity contribution in [1.82, 2.24) is 10.9 Å². The first kappa shape index (κ1) is 22.2. The van der Waals surface area contributed by atoms with Gasteiger partial charge in [0.05, 0.1) is 18.5 Å². The second-order valence-corrected chi connectivity index (χ2v) is 8.64. The molecule has 11 heteroatoms. The number of benzene rings is 2. The van der Waals surface area contributed by atoms with E-state index in [1.165, 1.54) is 12.1 Å². The summed E-state index contributed by atoms with van der Waals surface area (Å²) in [5.74, 6) is -2.15. The summed E-state index contributed by atoms with van der Waals surface area (Å²) in [7, 11) is -3.67. The number of rotatable bonds is 8. The Morgan fingerprint density at radius 1 is 1.18 bits per heavy atom. The molecule has 0 saturated carbocycles. The predicted octanol–water partition coefficient (Wildman–Crippen LogP) is 2.94. The summed E-state index contributed by atoms with van der Waals surface area (Å²) in [6, 6.07) is 10.6. The first-order chi connectivity index (χ1) is 13.1. The molecule has 0 aromatic heterocycles. The maximum absolute atomic E-state index is 14.4. The quantitative estimate of drug-likeness (QED) is 0.570. The molecule has 0 unspecified atom stereocenters. The van der Waals surface area contributed by atoms with E-state index in [1.807, 2.05) is 0 Å². The number of alkyl halides is 2. The van der Waals surface area contributed by atoms with Crippen molar-refractivity contribution in [2.45, 2.75) is 19.5 Å². The van der Waals surface area contributed by atoms with Gasteiger partial charge in [-0.1, -0.05) is 28.1 Å². The van der Waals surface area contributed by atoms with Crippen LogP contribution >= 0.6 is 15.9 Å². The van der Waals surface area contributed by atoms with Gasteiger partial charge in [0.1, 0.15) is 5.82 Å². The molecule has 2 aromatic carbocycles. The Morgan fingerprint density at radius 3 is 2.36 bits per heavy atom. The van der Waals surface area contributed by atoms with Crippen molar-refractivity contribution in [2.75, 3.05) is 10.6 Å². The van der Waals surface area contributed by atoms with Crippen LogP contribution in [0.15, 0.2) is 46.9 Å². The van der Waals surface area contributed by atoms with Crippen LogP contribution in [0.2, 0.25) is 0 Å². The highest BCUT2D eigenvalue weighted by Crippen LogP contribution is 2.24. The van der Waals surface area contributed by atoms with Crippen molar-refractivity contribution >= 4 is 37.5 Å². The molecule has 2 N–H and O–H groups in total. The van der Waals surface area contributed by atoms with Crippen molar-refractivity contribution in [3.8, 4) is 0 Å². The minimum atomic E-state index is -3.67. The van der Waals surface area contributed by atoms with E-state index in [4.69, 9.17) is 0 Å². The number of hydrogen-bond donors (Lipinski definition) is 2. The summed E-state index contributed by atoms with van der Waals surface area (Å²) in [6.07, 6.45) is -2.14. The summed E-state index contributed by atoms with van der Waals surface area (Å²) in [4.78, 5) is 10.8. The van der Waals surface area contributed by atoms with E-state index in [2.05, 4.69) is 21.4 Å². The molecule has 0 spiro atoms. The molecule has 2 rings (SSSR count). The Balaban J connectivity index is 2.13. The first-order valence-electron chi connectivity index (χ1n) is 7.89. The summed E-state index contributed by atoms with van der Waals surface area (Å²) in [6.45, 7) is -0.305. The van der Waals surface area contributed by atoms with E-state index in [1.54, 1.807) is 29.7 Å². The minimum absolute atomic E-state index is 0.0852. The number of anilines is 1. The van der Waals surface area contributed by atoms with Gasteiger partial charge in [-0.3, -0.25) is 14.5 Å². The SMILES string of the molecule is CS(=O)(=O)N(Cc1ccc(CNNC(=O)C(F)F)cc1F)c1ccc(Br)cc1.